The quantitative estimate of drug-likeness (QED) is 0.675. The maximum absolute atomic E-state index is 9.13. The van der Waals surface area contributed by atoms with Crippen LogP contribution >= 0.6 is 39.1 Å². The molecule has 5 heteroatoms. The molecule has 0 fully saturated rings. The van der Waals surface area contributed by atoms with E-state index in [0.717, 1.165) is 5.56 Å². The topological polar surface area (TPSA) is 33.0 Å². The Morgan fingerprint density at radius 1 is 1.11 bits per heavy atom. The van der Waals surface area contributed by atoms with Gasteiger partial charge in [-0.05, 0) is 35.9 Å². The largest absolute Gasteiger partial charge is 0.454 e. The van der Waals surface area contributed by atoms with Gasteiger partial charge in [-0.15, -0.1) is 0 Å². The predicted octanol–water partition coefficient (Wildman–Crippen LogP) is 5.55. The third kappa shape index (κ3) is 3.42. The minimum Gasteiger partial charge on any atom is -0.454 e. The highest BCUT2D eigenvalue weighted by atomic mass is 79.9. The minimum atomic E-state index is 0.404. The van der Waals surface area contributed by atoms with Gasteiger partial charge in [0.05, 0.1) is 10.6 Å². The van der Waals surface area contributed by atoms with Gasteiger partial charge in [-0.25, -0.2) is 0 Å². The molecule has 0 N–H and O–H groups in total. The third-order valence-corrected chi connectivity index (χ3v) is 3.61. The van der Waals surface area contributed by atoms with Gasteiger partial charge in [-0.1, -0.05) is 45.2 Å². The van der Waals surface area contributed by atoms with Crippen LogP contribution in [-0.2, 0) is 5.33 Å². The lowest BCUT2D eigenvalue weighted by Crippen LogP contribution is -1.90. The van der Waals surface area contributed by atoms with Crippen molar-refractivity contribution in [2.75, 3.05) is 0 Å². The number of halogens is 3. The average Bonchev–Trinajstić information content (AvgIpc) is 2.42. The molecular weight excluding hydrogens is 349 g/mol. The smallest absolute Gasteiger partial charge is 0.146 e. The van der Waals surface area contributed by atoms with E-state index in [0.29, 0.717) is 32.4 Å². The molecule has 2 aromatic carbocycles. The molecule has 19 heavy (non-hydrogen) atoms. The van der Waals surface area contributed by atoms with E-state index < -0.39 is 0 Å². The van der Waals surface area contributed by atoms with Crippen LogP contribution < -0.4 is 4.74 Å². The Bertz CT molecular complexity index is 652. The number of nitriles is 1. The summed E-state index contributed by atoms with van der Waals surface area (Å²) in [4.78, 5) is 0. The normalized spacial score (nSPS) is 10.0. The summed E-state index contributed by atoms with van der Waals surface area (Å²) in [5.74, 6) is 0.936. The Kier molecular flexibility index (Phi) is 4.71. The Morgan fingerprint density at radius 2 is 1.84 bits per heavy atom. The molecule has 0 aromatic heterocycles. The molecule has 0 saturated heterocycles. The van der Waals surface area contributed by atoms with Gasteiger partial charge in [0, 0.05) is 10.4 Å². The van der Waals surface area contributed by atoms with E-state index in [-0.39, 0.29) is 0 Å². The third-order valence-electron chi connectivity index (χ3n) is 2.43. The van der Waals surface area contributed by atoms with Crippen LogP contribution in [0.5, 0.6) is 11.5 Å². The molecule has 2 nitrogen and oxygen atoms in total. The fourth-order valence-electron chi connectivity index (χ4n) is 1.51. The van der Waals surface area contributed by atoms with Crippen molar-refractivity contribution in [1.82, 2.24) is 0 Å². The van der Waals surface area contributed by atoms with E-state index in [1.165, 1.54) is 0 Å². The zero-order valence-corrected chi connectivity index (χ0v) is 12.8. The molecule has 0 unspecified atom stereocenters. The van der Waals surface area contributed by atoms with E-state index in [2.05, 4.69) is 22.0 Å². The fourth-order valence-corrected chi connectivity index (χ4v) is 2.31. The Morgan fingerprint density at radius 3 is 2.47 bits per heavy atom. The van der Waals surface area contributed by atoms with Crippen LogP contribution in [0.15, 0.2) is 36.4 Å². The van der Waals surface area contributed by atoms with Crippen molar-refractivity contribution < 1.29 is 4.74 Å². The molecule has 0 spiro atoms. The number of nitrogens with zero attached hydrogens (tertiary/aromatic N) is 1. The SMILES string of the molecule is N#Cc1cc(CBr)ccc1Oc1ccc(Cl)cc1Cl. The Balaban J connectivity index is 2.35. The van der Waals surface area contributed by atoms with E-state index in [1.807, 2.05) is 6.07 Å². The van der Waals surface area contributed by atoms with Gasteiger partial charge in [-0.2, -0.15) is 5.26 Å². The summed E-state index contributed by atoms with van der Waals surface area (Å²) in [6, 6.07) is 12.5. The molecule has 2 aromatic rings. The number of hydrogen-bond acceptors (Lipinski definition) is 2. The number of ether oxygens (including phenoxy) is 1. The fraction of sp³-hybridized carbons (Fsp3) is 0.0714. The van der Waals surface area contributed by atoms with Gasteiger partial charge in [0.2, 0.25) is 0 Å². The van der Waals surface area contributed by atoms with E-state index in [9.17, 15) is 0 Å². The molecule has 0 aliphatic rings. The van der Waals surface area contributed by atoms with Crippen LogP contribution in [0.2, 0.25) is 10.0 Å². The molecule has 0 aliphatic heterocycles. The van der Waals surface area contributed by atoms with Crippen molar-refractivity contribution in [3.8, 4) is 17.6 Å². The average molecular weight is 357 g/mol. The van der Waals surface area contributed by atoms with E-state index in [4.69, 9.17) is 33.2 Å². The van der Waals surface area contributed by atoms with Crippen molar-refractivity contribution in [1.29, 1.82) is 5.26 Å². The van der Waals surface area contributed by atoms with Crippen molar-refractivity contribution in [3.63, 3.8) is 0 Å². The Hall–Kier alpha value is -1.21. The minimum absolute atomic E-state index is 0.404. The van der Waals surface area contributed by atoms with Crippen LogP contribution in [0.1, 0.15) is 11.1 Å². The summed E-state index contributed by atoms with van der Waals surface area (Å²) in [6.07, 6.45) is 0. The summed E-state index contributed by atoms with van der Waals surface area (Å²) in [6.45, 7) is 0. The molecule has 0 heterocycles. The lowest BCUT2D eigenvalue weighted by molar-refractivity contribution is 0.481. The highest BCUT2D eigenvalue weighted by molar-refractivity contribution is 9.08. The van der Waals surface area contributed by atoms with Gasteiger partial charge in [-0.3, -0.25) is 0 Å². The van der Waals surface area contributed by atoms with Gasteiger partial charge >= 0.3 is 0 Å². The van der Waals surface area contributed by atoms with E-state index in [1.54, 1.807) is 30.3 Å². The van der Waals surface area contributed by atoms with Crippen LogP contribution in [0, 0.1) is 11.3 Å². The maximum Gasteiger partial charge on any atom is 0.146 e. The van der Waals surface area contributed by atoms with Crippen molar-refractivity contribution in [2.45, 2.75) is 5.33 Å². The predicted molar refractivity (Wildman–Crippen MR) is 80.3 cm³/mol. The number of rotatable bonds is 3. The molecule has 2 rings (SSSR count). The number of benzene rings is 2. The summed E-state index contributed by atoms with van der Waals surface area (Å²) >= 11 is 15.2. The maximum atomic E-state index is 9.13. The highest BCUT2D eigenvalue weighted by Gasteiger charge is 2.09. The summed E-state index contributed by atoms with van der Waals surface area (Å²) in [5.41, 5.74) is 1.47. The first-order valence-corrected chi connectivity index (χ1v) is 7.23. The first-order valence-electron chi connectivity index (χ1n) is 5.36. The molecule has 0 atom stereocenters. The van der Waals surface area contributed by atoms with Crippen molar-refractivity contribution >= 4 is 39.1 Å². The van der Waals surface area contributed by atoms with Crippen LogP contribution in [0.3, 0.4) is 0 Å². The first-order chi connectivity index (χ1) is 9.13. The van der Waals surface area contributed by atoms with Crippen molar-refractivity contribution in [2.24, 2.45) is 0 Å². The number of alkyl halides is 1. The van der Waals surface area contributed by atoms with Gasteiger partial charge in [0.15, 0.2) is 0 Å². The second-order valence-electron chi connectivity index (χ2n) is 3.75. The monoisotopic (exact) mass is 355 g/mol. The second kappa shape index (κ2) is 6.29. The summed E-state index contributed by atoms with van der Waals surface area (Å²) < 4.78 is 5.66. The highest BCUT2D eigenvalue weighted by Crippen LogP contribution is 2.33. The number of hydrogen-bond donors (Lipinski definition) is 0. The molecule has 0 radical (unpaired) electrons. The molecular formula is C14H8BrCl2NO. The second-order valence-corrected chi connectivity index (χ2v) is 5.16. The van der Waals surface area contributed by atoms with Gasteiger partial charge < -0.3 is 4.74 Å². The molecule has 0 aliphatic carbocycles. The summed E-state index contributed by atoms with van der Waals surface area (Å²) in [7, 11) is 0. The zero-order chi connectivity index (χ0) is 13.8. The van der Waals surface area contributed by atoms with Crippen LogP contribution in [0.4, 0.5) is 0 Å². The van der Waals surface area contributed by atoms with Gasteiger partial charge in [0.25, 0.3) is 0 Å². The zero-order valence-electron chi connectivity index (χ0n) is 9.66. The lowest BCUT2D eigenvalue weighted by Gasteiger charge is -2.10. The van der Waals surface area contributed by atoms with Crippen LogP contribution in [-0.4, -0.2) is 0 Å². The molecule has 96 valence electrons. The standard InChI is InChI=1S/C14H8BrCl2NO/c15-7-9-1-3-13(10(5-9)8-18)19-14-4-2-11(16)6-12(14)17/h1-6H,7H2. The molecule has 0 bridgehead atoms. The molecule has 0 saturated carbocycles. The Labute approximate surface area is 129 Å². The van der Waals surface area contributed by atoms with Gasteiger partial charge in [0.1, 0.15) is 17.6 Å². The van der Waals surface area contributed by atoms with E-state index >= 15 is 0 Å². The van der Waals surface area contributed by atoms with Crippen LogP contribution in [0.25, 0.3) is 0 Å². The summed E-state index contributed by atoms with van der Waals surface area (Å²) in [5, 5.41) is 10.8. The first kappa shape index (κ1) is 14.2. The van der Waals surface area contributed by atoms with Crippen molar-refractivity contribution in [3.05, 3.63) is 57.6 Å². The lowest BCUT2D eigenvalue weighted by atomic mass is 10.1. The molecule has 0 amide bonds.